The summed E-state index contributed by atoms with van der Waals surface area (Å²) in [5, 5.41) is 16.7. The molecule has 6 heteroatoms. The Balaban J connectivity index is 1.41. The average molecular weight is 497 g/mol. The molecule has 3 unspecified atom stereocenters. The molecule has 2 aliphatic rings. The molecule has 0 spiro atoms. The third kappa shape index (κ3) is 3.64. The minimum absolute atomic E-state index is 0.0555. The second kappa shape index (κ2) is 8.42. The van der Waals surface area contributed by atoms with Gasteiger partial charge in [0, 0.05) is 17.2 Å². The lowest BCUT2D eigenvalue weighted by molar-refractivity contribution is 0.404. The first kappa shape index (κ1) is 22.7. The Morgan fingerprint density at radius 3 is 2.53 bits per heavy atom. The number of phenols is 1. The third-order valence-corrected chi connectivity index (χ3v) is 8.97. The molecule has 4 aromatic carbocycles. The van der Waals surface area contributed by atoms with E-state index in [-0.39, 0.29) is 28.5 Å². The molecule has 0 saturated carbocycles. The zero-order valence-corrected chi connectivity index (χ0v) is 21.0. The largest absolute Gasteiger partial charge is 0.508 e. The Labute approximate surface area is 211 Å². The van der Waals surface area contributed by atoms with Crippen LogP contribution in [-0.2, 0) is 10.0 Å². The van der Waals surface area contributed by atoms with E-state index in [0.717, 1.165) is 45.1 Å². The molecule has 5 nitrogen and oxygen atoms in total. The summed E-state index contributed by atoms with van der Waals surface area (Å²) in [7, 11) is -3.76. The first-order valence-corrected chi connectivity index (χ1v) is 13.7. The average Bonchev–Trinajstić information content (AvgIpc) is 3.36. The number of para-hydroxylation sites is 1. The van der Waals surface area contributed by atoms with Gasteiger partial charge in [0.05, 0.1) is 16.6 Å². The maximum absolute atomic E-state index is 13.4. The van der Waals surface area contributed by atoms with E-state index < -0.39 is 10.0 Å². The second-order valence-electron chi connectivity index (χ2n) is 9.82. The molecule has 1 aliphatic carbocycles. The summed E-state index contributed by atoms with van der Waals surface area (Å²) in [5.74, 6) is 0.496. The summed E-state index contributed by atoms with van der Waals surface area (Å²) in [4.78, 5) is 0.246. The van der Waals surface area contributed by atoms with Crippen LogP contribution in [0, 0.1) is 19.8 Å². The molecule has 0 saturated heterocycles. The highest BCUT2D eigenvalue weighted by Crippen LogP contribution is 2.52. The van der Waals surface area contributed by atoms with Gasteiger partial charge in [0.1, 0.15) is 5.75 Å². The number of aryl methyl sites for hydroxylation is 2. The van der Waals surface area contributed by atoms with Crippen LogP contribution in [0.4, 0.5) is 11.4 Å². The van der Waals surface area contributed by atoms with Gasteiger partial charge < -0.3 is 10.4 Å². The van der Waals surface area contributed by atoms with Crippen molar-refractivity contribution in [3.8, 4) is 5.75 Å². The summed E-state index contributed by atoms with van der Waals surface area (Å²) < 4.78 is 29.6. The van der Waals surface area contributed by atoms with Crippen molar-refractivity contribution in [3.05, 3.63) is 107 Å². The highest BCUT2D eigenvalue weighted by Gasteiger charge is 2.40. The molecule has 6 rings (SSSR count). The molecule has 0 radical (unpaired) electrons. The van der Waals surface area contributed by atoms with Crippen molar-refractivity contribution < 1.29 is 13.5 Å². The van der Waals surface area contributed by atoms with Crippen molar-refractivity contribution in [3.63, 3.8) is 0 Å². The van der Waals surface area contributed by atoms with Gasteiger partial charge in [-0.2, -0.15) is 0 Å². The minimum atomic E-state index is -3.76. The molecule has 3 atom stereocenters. The van der Waals surface area contributed by atoms with Crippen LogP contribution in [0.25, 0.3) is 10.8 Å². The lowest BCUT2D eigenvalue weighted by Gasteiger charge is -2.38. The van der Waals surface area contributed by atoms with Gasteiger partial charge in [-0.3, -0.25) is 4.72 Å². The number of benzene rings is 4. The topological polar surface area (TPSA) is 78.4 Å². The Kier molecular flexibility index (Phi) is 5.30. The molecule has 3 N–H and O–H groups in total. The fourth-order valence-electron chi connectivity index (χ4n) is 5.81. The SMILES string of the molecule is Cc1cccc(C)c1NS(=O)(=O)c1ccc2c(c1)C1C=CCC1C(c1c(O)ccc3ccccc13)N2. The van der Waals surface area contributed by atoms with Gasteiger partial charge in [-0.25, -0.2) is 8.42 Å². The number of nitrogens with one attached hydrogen (secondary N) is 2. The minimum Gasteiger partial charge on any atom is -0.508 e. The zero-order valence-electron chi connectivity index (χ0n) is 20.2. The molecule has 182 valence electrons. The molecule has 0 fully saturated rings. The fourth-order valence-corrected chi connectivity index (χ4v) is 7.04. The molecule has 0 bridgehead atoms. The fraction of sp³-hybridized carbons (Fsp3) is 0.200. The molecule has 1 aliphatic heterocycles. The van der Waals surface area contributed by atoms with Crippen molar-refractivity contribution in [2.45, 2.75) is 37.1 Å². The van der Waals surface area contributed by atoms with Crippen LogP contribution in [0.3, 0.4) is 0 Å². The van der Waals surface area contributed by atoms with E-state index in [1.165, 1.54) is 0 Å². The highest BCUT2D eigenvalue weighted by atomic mass is 32.2. The Morgan fingerprint density at radius 2 is 1.72 bits per heavy atom. The maximum atomic E-state index is 13.4. The summed E-state index contributed by atoms with van der Waals surface area (Å²) in [6.07, 6.45) is 5.19. The van der Waals surface area contributed by atoms with Crippen molar-refractivity contribution in [1.29, 1.82) is 0 Å². The van der Waals surface area contributed by atoms with Crippen LogP contribution >= 0.6 is 0 Å². The number of hydrogen-bond donors (Lipinski definition) is 3. The van der Waals surface area contributed by atoms with Gasteiger partial charge in [-0.1, -0.05) is 60.7 Å². The number of sulfonamides is 1. The van der Waals surface area contributed by atoms with Gasteiger partial charge in [-0.15, -0.1) is 0 Å². The van der Waals surface area contributed by atoms with Gasteiger partial charge in [0.15, 0.2) is 0 Å². The second-order valence-corrected chi connectivity index (χ2v) is 11.5. The normalized spacial score (nSPS) is 20.6. The van der Waals surface area contributed by atoms with Gasteiger partial charge >= 0.3 is 0 Å². The maximum Gasteiger partial charge on any atom is 0.261 e. The van der Waals surface area contributed by atoms with Crippen molar-refractivity contribution >= 4 is 32.2 Å². The standard InChI is InChI=1S/C30H28N2O3S/c1-18-7-5-8-19(2)29(18)32-36(34,35)21-14-15-26-25(17-21)23-11-6-12-24(23)30(31-26)28-22-10-4-3-9-20(22)13-16-27(28)33/h3-11,13-17,23-24,30-33H,12H2,1-2H3. The third-order valence-electron chi connectivity index (χ3n) is 7.62. The molecule has 4 aromatic rings. The van der Waals surface area contributed by atoms with Crippen LogP contribution in [0.15, 0.2) is 89.8 Å². The predicted octanol–water partition coefficient (Wildman–Crippen LogP) is 6.79. The van der Waals surface area contributed by atoms with Gasteiger partial charge in [-0.05, 0) is 77.9 Å². The van der Waals surface area contributed by atoms with Crippen LogP contribution in [0.2, 0.25) is 0 Å². The van der Waals surface area contributed by atoms with E-state index in [9.17, 15) is 13.5 Å². The number of fused-ring (bicyclic) bond motifs is 4. The number of anilines is 2. The highest BCUT2D eigenvalue weighted by molar-refractivity contribution is 7.92. The van der Waals surface area contributed by atoms with E-state index >= 15 is 0 Å². The summed E-state index contributed by atoms with van der Waals surface area (Å²) in [6, 6.07) is 22.7. The summed E-state index contributed by atoms with van der Waals surface area (Å²) >= 11 is 0. The smallest absolute Gasteiger partial charge is 0.261 e. The summed E-state index contributed by atoms with van der Waals surface area (Å²) in [5.41, 5.74) is 5.15. The first-order valence-electron chi connectivity index (χ1n) is 12.2. The molecule has 1 heterocycles. The molecule has 0 aromatic heterocycles. The number of rotatable bonds is 4. The van der Waals surface area contributed by atoms with E-state index in [4.69, 9.17) is 0 Å². The van der Waals surface area contributed by atoms with Crippen molar-refractivity contribution in [1.82, 2.24) is 0 Å². The number of aromatic hydroxyl groups is 1. The predicted molar refractivity (Wildman–Crippen MR) is 145 cm³/mol. The van der Waals surface area contributed by atoms with E-state index in [1.807, 2.05) is 62.4 Å². The van der Waals surface area contributed by atoms with Crippen molar-refractivity contribution in [2.75, 3.05) is 10.0 Å². The van der Waals surface area contributed by atoms with Crippen molar-refractivity contribution in [2.24, 2.45) is 5.92 Å². The van der Waals surface area contributed by atoms with E-state index in [2.05, 4.69) is 28.3 Å². The number of hydrogen-bond acceptors (Lipinski definition) is 4. The van der Waals surface area contributed by atoms with Crippen LogP contribution < -0.4 is 10.0 Å². The van der Waals surface area contributed by atoms with Crippen LogP contribution in [-0.4, -0.2) is 13.5 Å². The molecular formula is C30H28N2O3S. The lowest BCUT2D eigenvalue weighted by Crippen LogP contribution is -2.29. The molecular weight excluding hydrogens is 468 g/mol. The Morgan fingerprint density at radius 1 is 0.944 bits per heavy atom. The lowest BCUT2D eigenvalue weighted by atomic mass is 9.76. The molecule has 0 amide bonds. The Hall–Kier alpha value is -3.77. The van der Waals surface area contributed by atoms with Crippen LogP contribution in [0.5, 0.6) is 5.75 Å². The summed E-state index contributed by atoms with van der Waals surface area (Å²) in [6.45, 7) is 3.80. The Bertz CT molecular complexity index is 1620. The monoisotopic (exact) mass is 496 g/mol. The molecule has 36 heavy (non-hydrogen) atoms. The quantitative estimate of drug-likeness (QED) is 0.272. The van der Waals surface area contributed by atoms with Gasteiger partial charge in [0.2, 0.25) is 0 Å². The number of allylic oxidation sites excluding steroid dienone is 2. The first-order chi connectivity index (χ1) is 17.3. The zero-order chi connectivity index (χ0) is 25.0. The van der Waals surface area contributed by atoms with E-state index in [1.54, 1.807) is 18.2 Å². The number of phenolic OH excluding ortho intramolecular Hbond substituents is 1. The van der Waals surface area contributed by atoms with Gasteiger partial charge in [0.25, 0.3) is 10.0 Å². The van der Waals surface area contributed by atoms with Crippen LogP contribution in [0.1, 0.15) is 40.6 Å². The van der Waals surface area contributed by atoms with E-state index in [0.29, 0.717) is 5.69 Å².